The zero-order valence-electron chi connectivity index (χ0n) is 17.7. The molecule has 31 heavy (non-hydrogen) atoms. The van der Waals surface area contributed by atoms with E-state index in [-0.39, 0.29) is 6.61 Å². The Hall–Kier alpha value is -2.61. The van der Waals surface area contributed by atoms with Crippen molar-refractivity contribution < 1.29 is 9.84 Å². The van der Waals surface area contributed by atoms with Gasteiger partial charge in [0.15, 0.2) is 0 Å². The first kappa shape index (κ1) is 20.3. The fourth-order valence-electron chi connectivity index (χ4n) is 4.80. The normalized spacial score (nSPS) is 22.5. The largest absolute Gasteiger partial charge is 0.392 e. The average Bonchev–Trinajstić information content (AvgIpc) is 2.85. The summed E-state index contributed by atoms with van der Waals surface area (Å²) in [7, 11) is 0. The van der Waals surface area contributed by atoms with Crippen LogP contribution in [0.3, 0.4) is 0 Å². The van der Waals surface area contributed by atoms with Crippen molar-refractivity contribution >= 4 is 16.7 Å². The van der Waals surface area contributed by atoms with Gasteiger partial charge in [0.1, 0.15) is 12.1 Å². The van der Waals surface area contributed by atoms with E-state index in [4.69, 9.17) is 4.74 Å². The van der Waals surface area contributed by atoms with Crippen LogP contribution in [-0.4, -0.2) is 63.3 Å². The number of anilines is 1. The smallest absolute Gasteiger partial charge is 0.137 e. The van der Waals surface area contributed by atoms with Gasteiger partial charge in [-0.25, -0.2) is 9.97 Å². The third-order valence-electron chi connectivity index (χ3n) is 6.55. The molecule has 2 N–H and O–H groups in total. The van der Waals surface area contributed by atoms with Crippen LogP contribution in [0.25, 0.3) is 22.0 Å². The standard InChI is InChI=1S/C24H29N5O2/c30-15-17-11-19(14-25-13-17)18-1-6-23-22(12-18)24(27-16-26-23)28-20-2-4-21(5-3-20)29-7-9-31-10-8-29/h1,6,11-14,16,20-21,30H,2-5,7-10,15H2,(H,26,27,28)/t20-,21-. The number of aliphatic hydroxyl groups excluding tert-OH is 1. The predicted octanol–water partition coefficient (Wildman–Crippen LogP) is 3.24. The maximum Gasteiger partial charge on any atom is 0.137 e. The van der Waals surface area contributed by atoms with Crippen LogP contribution in [0.5, 0.6) is 0 Å². The van der Waals surface area contributed by atoms with Gasteiger partial charge in [0.2, 0.25) is 0 Å². The lowest BCUT2D eigenvalue weighted by molar-refractivity contribution is 0.00791. The molecule has 2 aromatic heterocycles. The minimum Gasteiger partial charge on any atom is -0.392 e. The molecule has 162 valence electrons. The van der Waals surface area contributed by atoms with Gasteiger partial charge < -0.3 is 15.2 Å². The summed E-state index contributed by atoms with van der Waals surface area (Å²) in [5.74, 6) is 0.896. The highest BCUT2D eigenvalue weighted by Gasteiger charge is 2.27. The number of rotatable bonds is 5. The highest BCUT2D eigenvalue weighted by molar-refractivity contribution is 5.92. The van der Waals surface area contributed by atoms with Crippen molar-refractivity contribution in [3.8, 4) is 11.1 Å². The molecule has 0 radical (unpaired) electrons. The number of nitrogens with zero attached hydrogens (tertiary/aromatic N) is 4. The average molecular weight is 420 g/mol. The summed E-state index contributed by atoms with van der Waals surface area (Å²) in [6.07, 6.45) is 9.87. The minimum absolute atomic E-state index is 0.0164. The summed E-state index contributed by atoms with van der Waals surface area (Å²) < 4.78 is 5.50. The molecular formula is C24H29N5O2. The van der Waals surface area contributed by atoms with Crippen LogP contribution in [0.1, 0.15) is 31.2 Å². The molecule has 0 amide bonds. The second-order valence-electron chi connectivity index (χ2n) is 8.49. The molecule has 3 heterocycles. The summed E-state index contributed by atoms with van der Waals surface area (Å²) in [4.78, 5) is 15.9. The van der Waals surface area contributed by atoms with Crippen LogP contribution in [0, 0.1) is 0 Å². The minimum atomic E-state index is -0.0164. The molecule has 1 aliphatic carbocycles. The molecule has 0 unspecified atom stereocenters. The quantitative estimate of drug-likeness (QED) is 0.657. The van der Waals surface area contributed by atoms with Crippen LogP contribution >= 0.6 is 0 Å². The Morgan fingerprint density at radius 2 is 1.84 bits per heavy atom. The second-order valence-corrected chi connectivity index (χ2v) is 8.49. The molecule has 7 nitrogen and oxygen atoms in total. The van der Waals surface area contributed by atoms with Gasteiger partial charge in [-0.05, 0) is 55.0 Å². The van der Waals surface area contributed by atoms with Crippen LogP contribution in [0.15, 0.2) is 43.0 Å². The van der Waals surface area contributed by atoms with E-state index >= 15 is 0 Å². The maximum absolute atomic E-state index is 9.43. The fourth-order valence-corrected chi connectivity index (χ4v) is 4.80. The van der Waals surface area contributed by atoms with Crippen LogP contribution in [0.2, 0.25) is 0 Å². The van der Waals surface area contributed by atoms with Gasteiger partial charge in [-0.2, -0.15) is 0 Å². The molecule has 2 fully saturated rings. The van der Waals surface area contributed by atoms with Crippen LogP contribution in [-0.2, 0) is 11.3 Å². The molecule has 5 rings (SSSR count). The molecule has 0 spiro atoms. The zero-order chi connectivity index (χ0) is 21.0. The lowest BCUT2D eigenvalue weighted by Crippen LogP contribution is -2.46. The number of ether oxygens (including phenoxy) is 1. The van der Waals surface area contributed by atoms with Gasteiger partial charge in [0, 0.05) is 48.5 Å². The van der Waals surface area contributed by atoms with Crippen molar-refractivity contribution in [3.63, 3.8) is 0 Å². The molecular weight excluding hydrogens is 390 g/mol. The fraction of sp³-hybridized carbons (Fsp3) is 0.458. The van der Waals surface area contributed by atoms with Gasteiger partial charge in [-0.15, -0.1) is 0 Å². The van der Waals surface area contributed by atoms with E-state index in [9.17, 15) is 5.11 Å². The van der Waals surface area contributed by atoms with E-state index < -0.39 is 0 Å². The van der Waals surface area contributed by atoms with Crippen LogP contribution in [0.4, 0.5) is 5.82 Å². The molecule has 2 aliphatic rings. The van der Waals surface area contributed by atoms with Gasteiger partial charge in [0.25, 0.3) is 0 Å². The number of aromatic nitrogens is 3. The molecule has 1 saturated heterocycles. The Kier molecular flexibility index (Phi) is 6.06. The van der Waals surface area contributed by atoms with Crippen molar-refractivity contribution in [2.75, 3.05) is 31.6 Å². The number of nitrogens with one attached hydrogen (secondary N) is 1. The monoisotopic (exact) mass is 419 g/mol. The van der Waals surface area contributed by atoms with E-state index in [0.717, 1.165) is 72.6 Å². The lowest BCUT2D eigenvalue weighted by Gasteiger charge is -2.39. The SMILES string of the molecule is OCc1cncc(-c2ccc3ncnc(N[C@H]4CC[C@H](N5CCOCC5)CC4)c3c2)c1. The van der Waals surface area contributed by atoms with E-state index in [0.29, 0.717) is 12.1 Å². The number of aliphatic hydroxyl groups is 1. The van der Waals surface area contributed by atoms with E-state index in [2.05, 4.69) is 31.2 Å². The Balaban J connectivity index is 1.33. The molecule has 0 atom stereocenters. The second kappa shape index (κ2) is 9.26. The van der Waals surface area contributed by atoms with Gasteiger partial charge in [-0.3, -0.25) is 9.88 Å². The van der Waals surface area contributed by atoms with Crippen LogP contribution < -0.4 is 5.32 Å². The lowest BCUT2D eigenvalue weighted by atomic mass is 9.90. The van der Waals surface area contributed by atoms with Gasteiger partial charge in [-0.1, -0.05) is 6.07 Å². The number of fused-ring (bicyclic) bond motifs is 1. The molecule has 0 bridgehead atoms. The summed E-state index contributed by atoms with van der Waals surface area (Å²) in [6.45, 7) is 3.84. The third kappa shape index (κ3) is 4.54. The molecule has 1 aromatic carbocycles. The number of benzene rings is 1. The highest BCUT2D eigenvalue weighted by Crippen LogP contribution is 2.30. The Morgan fingerprint density at radius 1 is 1.00 bits per heavy atom. The number of pyridine rings is 1. The Labute approximate surface area is 182 Å². The summed E-state index contributed by atoms with van der Waals surface area (Å²) in [5, 5.41) is 14.1. The topological polar surface area (TPSA) is 83.4 Å². The zero-order valence-corrected chi connectivity index (χ0v) is 17.7. The Morgan fingerprint density at radius 3 is 2.65 bits per heavy atom. The molecule has 3 aromatic rings. The molecule has 1 saturated carbocycles. The number of hydrogen-bond donors (Lipinski definition) is 2. The van der Waals surface area contributed by atoms with E-state index in [1.807, 2.05) is 24.4 Å². The van der Waals surface area contributed by atoms with E-state index in [1.54, 1.807) is 12.5 Å². The van der Waals surface area contributed by atoms with Crippen molar-refractivity contribution in [1.29, 1.82) is 0 Å². The van der Waals surface area contributed by atoms with Crippen molar-refractivity contribution in [1.82, 2.24) is 19.9 Å². The first-order valence-corrected chi connectivity index (χ1v) is 11.2. The Bertz CT molecular complexity index is 1030. The highest BCUT2D eigenvalue weighted by atomic mass is 16.5. The number of morpholine rings is 1. The van der Waals surface area contributed by atoms with Crippen molar-refractivity contribution in [2.45, 2.75) is 44.4 Å². The first-order valence-electron chi connectivity index (χ1n) is 11.2. The first-order chi connectivity index (χ1) is 15.3. The summed E-state index contributed by atoms with van der Waals surface area (Å²) in [5.41, 5.74) is 3.75. The van der Waals surface area contributed by atoms with Gasteiger partial charge >= 0.3 is 0 Å². The molecule has 7 heteroatoms. The number of hydrogen-bond acceptors (Lipinski definition) is 7. The maximum atomic E-state index is 9.43. The van der Waals surface area contributed by atoms with Crippen molar-refractivity contribution in [2.24, 2.45) is 0 Å². The van der Waals surface area contributed by atoms with E-state index in [1.165, 1.54) is 12.8 Å². The third-order valence-corrected chi connectivity index (χ3v) is 6.55. The molecule has 1 aliphatic heterocycles. The van der Waals surface area contributed by atoms with Crippen molar-refractivity contribution in [3.05, 3.63) is 48.5 Å². The summed E-state index contributed by atoms with van der Waals surface area (Å²) in [6, 6.07) is 9.27. The summed E-state index contributed by atoms with van der Waals surface area (Å²) >= 11 is 0. The van der Waals surface area contributed by atoms with Gasteiger partial charge in [0.05, 0.1) is 25.3 Å². The predicted molar refractivity (Wildman–Crippen MR) is 121 cm³/mol.